The van der Waals surface area contributed by atoms with Crippen LogP contribution in [0.15, 0.2) is 16.8 Å². The summed E-state index contributed by atoms with van der Waals surface area (Å²) in [6, 6.07) is 0. The Labute approximate surface area is 150 Å². The van der Waals surface area contributed by atoms with E-state index in [4.69, 9.17) is 0 Å². The summed E-state index contributed by atoms with van der Waals surface area (Å²) in [7, 11) is 0. The molecule has 4 rings (SSSR count). The zero-order valence-electron chi connectivity index (χ0n) is 15.9. The molecule has 0 aliphatic heterocycles. The zero-order valence-corrected chi connectivity index (χ0v) is 15.9. The third-order valence-corrected chi connectivity index (χ3v) is 8.79. The number of rotatable bonds is 0. The van der Waals surface area contributed by atoms with Gasteiger partial charge in [-0.25, -0.2) is 0 Å². The quantitative estimate of drug-likeness (QED) is 0.516. The number of aliphatic hydroxyl groups is 1. The molecule has 0 aromatic rings. The molecule has 0 spiro atoms. The molecule has 4 nitrogen and oxygen atoms in total. The number of ketones is 1. The average Bonchev–Trinajstić information content (AvgIpc) is 2.76. The lowest BCUT2D eigenvalue weighted by Gasteiger charge is -2.61. The second kappa shape index (κ2) is 5.18. The first-order valence-electron chi connectivity index (χ1n) is 9.83. The largest absolute Gasteiger partial charge is 0.411 e. The van der Waals surface area contributed by atoms with Crippen molar-refractivity contribution in [3.8, 4) is 0 Å². The molecule has 4 aliphatic rings. The van der Waals surface area contributed by atoms with Crippen LogP contribution in [-0.4, -0.2) is 27.4 Å². The summed E-state index contributed by atoms with van der Waals surface area (Å²) in [6.45, 7) is 8.94. The number of fused-ring (bicyclic) bond motifs is 5. The van der Waals surface area contributed by atoms with Crippen LogP contribution >= 0.6 is 0 Å². The van der Waals surface area contributed by atoms with Crippen LogP contribution in [-0.2, 0) is 4.79 Å². The van der Waals surface area contributed by atoms with Gasteiger partial charge >= 0.3 is 0 Å². The van der Waals surface area contributed by atoms with E-state index in [1.165, 1.54) is 5.57 Å². The Kier molecular flexibility index (Phi) is 3.58. The molecule has 4 heteroatoms. The standard InChI is InChI=1S/C21H31NO3/c1-12-10-20(3)15(7-8-21(20,4)24)14-6-5-13-9-17(23)16(22-25)11-19(13,2)18(12)14/h9,12,14-15,18,24-25H,5-8,10-11H2,1-4H3/t12?,14-,15-,18+,19-,20-,21?/m0/s1. The normalized spacial score (nSPS) is 53.9. The third kappa shape index (κ3) is 2.09. The minimum atomic E-state index is -0.575. The Morgan fingerprint density at radius 1 is 1.24 bits per heavy atom. The van der Waals surface area contributed by atoms with Crippen LogP contribution in [0.3, 0.4) is 0 Å². The predicted molar refractivity (Wildman–Crippen MR) is 96.5 cm³/mol. The van der Waals surface area contributed by atoms with Crippen LogP contribution in [0, 0.1) is 34.5 Å². The van der Waals surface area contributed by atoms with Gasteiger partial charge in [0.15, 0.2) is 0 Å². The van der Waals surface area contributed by atoms with Crippen LogP contribution in [0.1, 0.15) is 66.2 Å². The number of carbonyl (C=O) groups is 1. The number of nitrogens with zero attached hydrogens (tertiary/aromatic N) is 1. The lowest BCUT2D eigenvalue weighted by Crippen LogP contribution is -2.57. The summed E-state index contributed by atoms with van der Waals surface area (Å²) in [6.07, 6.45) is 7.42. The molecule has 7 atom stereocenters. The summed E-state index contributed by atoms with van der Waals surface area (Å²) in [4.78, 5) is 12.2. The minimum absolute atomic E-state index is 0.0104. The number of hydrogen-bond acceptors (Lipinski definition) is 4. The van der Waals surface area contributed by atoms with Crippen molar-refractivity contribution in [2.75, 3.05) is 0 Å². The van der Waals surface area contributed by atoms with Crippen molar-refractivity contribution >= 4 is 11.5 Å². The van der Waals surface area contributed by atoms with Crippen molar-refractivity contribution in [2.24, 2.45) is 39.7 Å². The highest BCUT2D eigenvalue weighted by Gasteiger charge is 2.64. The fraction of sp³-hybridized carbons (Fsp3) is 0.810. The Morgan fingerprint density at radius 3 is 2.64 bits per heavy atom. The van der Waals surface area contributed by atoms with E-state index in [-0.39, 0.29) is 16.6 Å². The molecule has 0 saturated heterocycles. The van der Waals surface area contributed by atoms with Gasteiger partial charge in [-0.2, -0.15) is 0 Å². The molecule has 0 aromatic heterocycles. The Bertz CT molecular complexity index is 679. The minimum Gasteiger partial charge on any atom is -0.411 e. The first-order chi connectivity index (χ1) is 11.6. The first-order valence-corrected chi connectivity index (χ1v) is 9.83. The molecule has 3 fully saturated rings. The lowest BCUT2D eigenvalue weighted by molar-refractivity contribution is -0.137. The van der Waals surface area contributed by atoms with Crippen LogP contribution < -0.4 is 0 Å². The second-order valence-electron chi connectivity index (χ2n) is 9.92. The van der Waals surface area contributed by atoms with Gasteiger partial charge < -0.3 is 10.3 Å². The maximum atomic E-state index is 12.2. The summed E-state index contributed by atoms with van der Waals surface area (Å²) in [5, 5.41) is 23.7. The van der Waals surface area contributed by atoms with Gasteiger partial charge in [-0.15, -0.1) is 0 Å². The van der Waals surface area contributed by atoms with Gasteiger partial charge in [-0.05, 0) is 79.6 Å². The highest BCUT2D eigenvalue weighted by atomic mass is 16.4. The van der Waals surface area contributed by atoms with E-state index in [1.807, 2.05) is 6.92 Å². The molecule has 4 aliphatic carbocycles. The van der Waals surface area contributed by atoms with Crippen LogP contribution in [0.4, 0.5) is 0 Å². The summed E-state index contributed by atoms with van der Waals surface area (Å²) in [5.74, 6) is 1.99. The maximum absolute atomic E-state index is 12.2. The van der Waals surface area contributed by atoms with Crippen molar-refractivity contribution in [3.63, 3.8) is 0 Å². The first kappa shape index (κ1) is 17.3. The molecule has 0 radical (unpaired) electrons. The highest BCUT2D eigenvalue weighted by Crippen LogP contribution is 2.68. The van der Waals surface area contributed by atoms with Crippen molar-refractivity contribution in [1.29, 1.82) is 0 Å². The molecule has 3 saturated carbocycles. The number of oxime groups is 1. The van der Waals surface area contributed by atoms with Gasteiger partial charge in [0.1, 0.15) is 5.71 Å². The van der Waals surface area contributed by atoms with E-state index in [1.54, 1.807) is 6.08 Å². The van der Waals surface area contributed by atoms with Crippen molar-refractivity contribution in [1.82, 2.24) is 0 Å². The molecular weight excluding hydrogens is 314 g/mol. The second-order valence-corrected chi connectivity index (χ2v) is 9.92. The molecule has 0 bridgehead atoms. The predicted octanol–water partition coefficient (Wildman–Crippen LogP) is 3.96. The molecule has 138 valence electrons. The molecule has 2 unspecified atom stereocenters. The Balaban J connectivity index is 1.77. The van der Waals surface area contributed by atoms with Crippen LogP contribution in [0.2, 0.25) is 0 Å². The molecule has 25 heavy (non-hydrogen) atoms. The van der Waals surface area contributed by atoms with Crippen molar-refractivity contribution in [2.45, 2.75) is 71.8 Å². The summed E-state index contributed by atoms with van der Waals surface area (Å²) in [5.41, 5.74) is 0.892. The van der Waals surface area contributed by atoms with E-state index in [0.717, 1.165) is 32.1 Å². The molecule has 0 heterocycles. The molecule has 0 aromatic carbocycles. The van der Waals surface area contributed by atoms with E-state index in [0.29, 0.717) is 35.8 Å². The Morgan fingerprint density at radius 2 is 1.96 bits per heavy atom. The van der Waals surface area contributed by atoms with Gasteiger partial charge in [-0.3, -0.25) is 4.79 Å². The fourth-order valence-corrected chi connectivity index (χ4v) is 7.50. The molecule has 0 amide bonds. The maximum Gasteiger partial charge on any atom is 0.203 e. The number of hydrogen-bond donors (Lipinski definition) is 2. The highest BCUT2D eigenvalue weighted by molar-refractivity contribution is 6.44. The van der Waals surface area contributed by atoms with Gasteiger partial charge in [0, 0.05) is 6.42 Å². The van der Waals surface area contributed by atoms with Gasteiger partial charge in [0.25, 0.3) is 0 Å². The van der Waals surface area contributed by atoms with Crippen LogP contribution in [0.5, 0.6) is 0 Å². The Hall–Kier alpha value is -1.16. The lowest BCUT2D eigenvalue weighted by atomic mass is 9.44. The number of allylic oxidation sites excluding steroid dienone is 1. The van der Waals surface area contributed by atoms with E-state index >= 15 is 0 Å². The molecule has 2 N–H and O–H groups in total. The van der Waals surface area contributed by atoms with Crippen molar-refractivity contribution < 1.29 is 15.1 Å². The van der Waals surface area contributed by atoms with E-state index < -0.39 is 5.60 Å². The van der Waals surface area contributed by atoms with Crippen molar-refractivity contribution in [3.05, 3.63) is 11.6 Å². The summed E-state index contributed by atoms with van der Waals surface area (Å²) < 4.78 is 0. The topological polar surface area (TPSA) is 69.9 Å². The zero-order chi connectivity index (χ0) is 18.2. The van der Waals surface area contributed by atoms with Gasteiger partial charge in [0.2, 0.25) is 5.78 Å². The smallest absolute Gasteiger partial charge is 0.203 e. The monoisotopic (exact) mass is 345 g/mol. The average molecular weight is 345 g/mol. The van der Waals surface area contributed by atoms with Gasteiger partial charge in [-0.1, -0.05) is 31.5 Å². The summed E-state index contributed by atoms with van der Waals surface area (Å²) >= 11 is 0. The van der Waals surface area contributed by atoms with E-state index in [9.17, 15) is 15.1 Å². The van der Waals surface area contributed by atoms with Gasteiger partial charge in [0.05, 0.1) is 5.60 Å². The van der Waals surface area contributed by atoms with Crippen LogP contribution in [0.25, 0.3) is 0 Å². The third-order valence-electron chi connectivity index (χ3n) is 8.79. The van der Waals surface area contributed by atoms with E-state index in [2.05, 4.69) is 25.9 Å². The fourth-order valence-electron chi connectivity index (χ4n) is 7.50. The SMILES string of the molecule is CC1C[C@@]2(C)[C@@H](CCC2(C)O)[C@@H]2CCC3=CC(=O)C(=NO)C[C@]3(C)[C@H]12. The number of carbonyl (C=O) groups excluding carboxylic acids is 1. The molecular formula is C21H31NO3.